The molecule has 0 aliphatic carbocycles. The van der Waals surface area contributed by atoms with Gasteiger partial charge in [0.2, 0.25) is 5.91 Å². The zero-order valence-corrected chi connectivity index (χ0v) is 13.3. The van der Waals surface area contributed by atoms with Crippen LogP contribution < -0.4 is 5.32 Å². The molecule has 2 rings (SSSR count). The lowest BCUT2D eigenvalue weighted by Crippen LogP contribution is -2.38. The summed E-state index contributed by atoms with van der Waals surface area (Å²) in [5.74, 6) is -0.159. The minimum absolute atomic E-state index is 0.159. The zero-order valence-electron chi connectivity index (χ0n) is 13.3. The number of ether oxygens (including phenoxy) is 1. The molecule has 2 aromatic rings. The summed E-state index contributed by atoms with van der Waals surface area (Å²) in [5, 5.41) is 3.02. The van der Waals surface area contributed by atoms with Crippen molar-refractivity contribution in [1.82, 2.24) is 10.3 Å². The minimum Gasteiger partial charge on any atom is -0.368 e. The van der Waals surface area contributed by atoms with Crippen molar-refractivity contribution in [2.24, 2.45) is 0 Å². The summed E-state index contributed by atoms with van der Waals surface area (Å²) in [6, 6.07) is 15.2. The molecule has 23 heavy (non-hydrogen) atoms. The van der Waals surface area contributed by atoms with Crippen LogP contribution in [0.2, 0.25) is 0 Å². The molecule has 1 heterocycles. The number of aromatic nitrogens is 1. The van der Waals surface area contributed by atoms with Crippen molar-refractivity contribution in [3.05, 3.63) is 78.6 Å². The Morgan fingerprint density at radius 2 is 2.00 bits per heavy atom. The van der Waals surface area contributed by atoms with Crippen LogP contribution in [0.4, 0.5) is 0 Å². The third kappa shape index (κ3) is 5.04. The molecule has 4 nitrogen and oxygen atoms in total. The van der Waals surface area contributed by atoms with E-state index in [1.165, 1.54) is 0 Å². The lowest BCUT2D eigenvalue weighted by molar-refractivity contribution is -0.132. The van der Waals surface area contributed by atoms with Gasteiger partial charge in [-0.1, -0.05) is 42.5 Å². The van der Waals surface area contributed by atoms with Crippen molar-refractivity contribution in [2.75, 3.05) is 6.61 Å². The van der Waals surface area contributed by atoms with E-state index in [9.17, 15) is 4.79 Å². The van der Waals surface area contributed by atoms with E-state index in [0.717, 1.165) is 17.7 Å². The second-order valence-corrected chi connectivity index (χ2v) is 5.20. The van der Waals surface area contributed by atoms with Gasteiger partial charge in [-0.05, 0) is 31.0 Å². The molecule has 0 saturated heterocycles. The average molecular weight is 310 g/mol. The monoisotopic (exact) mass is 310 g/mol. The second kappa shape index (κ2) is 8.86. The molecule has 2 atom stereocenters. The lowest BCUT2D eigenvalue weighted by atomic mass is 10.0. The Labute approximate surface area is 137 Å². The number of benzene rings is 1. The van der Waals surface area contributed by atoms with Gasteiger partial charge in [-0.2, -0.15) is 0 Å². The SMILES string of the molecule is C=CCCO[C@@H](C)C(=O)N[C@@H](c1ccccc1)c1ccccn1. The number of pyridine rings is 1. The average Bonchev–Trinajstić information content (AvgIpc) is 2.61. The van der Waals surface area contributed by atoms with Gasteiger partial charge in [0.05, 0.1) is 18.3 Å². The van der Waals surface area contributed by atoms with Crippen LogP contribution in [-0.4, -0.2) is 23.6 Å². The molecule has 120 valence electrons. The molecule has 4 heteroatoms. The van der Waals surface area contributed by atoms with Crippen LogP contribution in [0, 0.1) is 0 Å². The highest BCUT2D eigenvalue weighted by Crippen LogP contribution is 2.20. The molecule has 1 N–H and O–H groups in total. The number of hydrogen-bond donors (Lipinski definition) is 1. The smallest absolute Gasteiger partial charge is 0.249 e. The molecule has 0 radical (unpaired) electrons. The van der Waals surface area contributed by atoms with Crippen LogP contribution >= 0.6 is 0 Å². The summed E-state index contributed by atoms with van der Waals surface area (Å²) in [6.07, 6.45) is 3.69. The van der Waals surface area contributed by atoms with E-state index in [4.69, 9.17) is 4.74 Å². The van der Waals surface area contributed by atoms with Gasteiger partial charge in [0.25, 0.3) is 0 Å². The summed E-state index contributed by atoms with van der Waals surface area (Å²) in [6.45, 7) is 5.87. The van der Waals surface area contributed by atoms with Crippen molar-refractivity contribution in [3.63, 3.8) is 0 Å². The maximum atomic E-state index is 12.4. The number of carbonyl (C=O) groups excluding carboxylic acids is 1. The van der Waals surface area contributed by atoms with Gasteiger partial charge in [0.1, 0.15) is 6.10 Å². The van der Waals surface area contributed by atoms with E-state index in [1.54, 1.807) is 19.2 Å². The summed E-state index contributed by atoms with van der Waals surface area (Å²) >= 11 is 0. The number of amides is 1. The number of carbonyl (C=O) groups is 1. The van der Waals surface area contributed by atoms with Gasteiger partial charge in [0, 0.05) is 6.20 Å². The predicted octanol–water partition coefficient (Wildman–Crippen LogP) is 3.27. The van der Waals surface area contributed by atoms with Crippen LogP contribution in [-0.2, 0) is 9.53 Å². The Kier molecular flexibility index (Phi) is 6.51. The number of nitrogens with one attached hydrogen (secondary N) is 1. The normalized spacial score (nSPS) is 13.1. The quantitative estimate of drug-likeness (QED) is 0.601. The Balaban J connectivity index is 2.12. The van der Waals surface area contributed by atoms with Crippen molar-refractivity contribution in [3.8, 4) is 0 Å². The second-order valence-electron chi connectivity index (χ2n) is 5.20. The van der Waals surface area contributed by atoms with Crippen LogP contribution in [0.15, 0.2) is 67.4 Å². The third-order valence-corrected chi connectivity index (χ3v) is 3.46. The van der Waals surface area contributed by atoms with E-state index in [0.29, 0.717) is 6.61 Å². The van der Waals surface area contributed by atoms with Gasteiger partial charge in [-0.15, -0.1) is 6.58 Å². The molecule has 1 aromatic carbocycles. The number of nitrogens with zero attached hydrogens (tertiary/aromatic N) is 1. The summed E-state index contributed by atoms with van der Waals surface area (Å²) in [7, 11) is 0. The Morgan fingerprint density at radius 1 is 1.26 bits per heavy atom. The van der Waals surface area contributed by atoms with Crippen molar-refractivity contribution in [1.29, 1.82) is 0 Å². The predicted molar refractivity (Wildman–Crippen MR) is 90.9 cm³/mol. The third-order valence-electron chi connectivity index (χ3n) is 3.46. The van der Waals surface area contributed by atoms with Crippen molar-refractivity contribution < 1.29 is 9.53 Å². The van der Waals surface area contributed by atoms with Crippen LogP contribution in [0.5, 0.6) is 0 Å². The number of hydrogen-bond acceptors (Lipinski definition) is 3. The fourth-order valence-corrected chi connectivity index (χ4v) is 2.18. The molecule has 0 aliphatic heterocycles. The fraction of sp³-hybridized carbons (Fsp3) is 0.263. The van der Waals surface area contributed by atoms with E-state index in [-0.39, 0.29) is 11.9 Å². The molecule has 1 aromatic heterocycles. The lowest BCUT2D eigenvalue weighted by Gasteiger charge is -2.21. The Hall–Kier alpha value is -2.46. The zero-order chi connectivity index (χ0) is 16.5. The van der Waals surface area contributed by atoms with Gasteiger partial charge in [-0.25, -0.2) is 0 Å². The maximum Gasteiger partial charge on any atom is 0.249 e. The highest BCUT2D eigenvalue weighted by molar-refractivity contribution is 5.81. The molecule has 0 aliphatic rings. The molecular weight excluding hydrogens is 288 g/mol. The highest BCUT2D eigenvalue weighted by atomic mass is 16.5. The first kappa shape index (κ1) is 16.9. The van der Waals surface area contributed by atoms with E-state index >= 15 is 0 Å². The van der Waals surface area contributed by atoms with E-state index < -0.39 is 6.10 Å². The molecule has 0 bridgehead atoms. The molecule has 0 saturated carbocycles. The maximum absolute atomic E-state index is 12.4. The summed E-state index contributed by atoms with van der Waals surface area (Å²) < 4.78 is 5.51. The molecule has 1 amide bonds. The standard InChI is InChI=1S/C19H22N2O2/c1-3-4-14-23-15(2)19(22)21-18(16-10-6-5-7-11-16)17-12-8-9-13-20-17/h3,5-13,15,18H,1,4,14H2,2H3,(H,21,22)/t15-,18-/m0/s1. The molecule has 0 unspecified atom stereocenters. The first-order valence-corrected chi connectivity index (χ1v) is 7.71. The minimum atomic E-state index is -0.523. The van der Waals surface area contributed by atoms with E-state index in [2.05, 4.69) is 16.9 Å². The Bertz CT molecular complexity index is 574. The molecule has 0 spiro atoms. The Morgan fingerprint density at radius 3 is 2.65 bits per heavy atom. The fourth-order valence-electron chi connectivity index (χ4n) is 2.18. The van der Waals surface area contributed by atoms with Crippen LogP contribution in [0.3, 0.4) is 0 Å². The summed E-state index contributed by atoms with van der Waals surface area (Å²) in [4.78, 5) is 16.8. The van der Waals surface area contributed by atoms with E-state index in [1.807, 2.05) is 48.5 Å². The first-order valence-electron chi connectivity index (χ1n) is 7.71. The topological polar surface area (TPSA) is 51.2 Å². The highest BCUT2D eigenvalue weighted by Gasteiger charge is 2.21. The summed E-state index contributed by atoms with van der Waals surface area (Å²) in [5.41, 5.74) is 1.78. The molecular formula is C19H22N2O2. The van der Waals surface area contributed by atoms with Gasteiger partial charge >= 0.3 is 0 Å². The van der Waals surface area contributed by atoms with Gasteiger partial charge < -0.3 is 10.1 Å². The van der Waals surface area contributed by atoms with Crippen molar-refractivity contribution in [2.45, 2.75) is 25.5 Å². The van der Waals surface area contributed by atoms with Gasteiger partial charge in [0.15, 0.2) is 0 Å². The molecule has 0 fully saturated rings. The number of rotatable bonds is 8. The van der Waals surface area contributed by atoms with Crippen molar-refractivity contribution >= 4 is 5.91 Å². The van der Waals surface area contributed by atoms with Crippen LogP contribution in [0.25, 0.3) is 0 Å². The largest absolute Gasteiger partial charge is 0.368 e. The first-order chi connectivity index (χ1) is 11.2. The van der Waals surface area contributed by atoms with Crippen LogP contribution in [0.1, 0.15) is 30.6 Å². The van der Waals surface area contributed by atoms with Gasteiger partial charge in [-0.3, -0.25) is 9.78 Å².